The summed E-state index contributed by atoms with van der Waals surface area (Å²) in [7, 11) is 1.15. The molecular formula is C38H22BF24NSi. The fraction of sp³-hybridized carbons (Fsp3) is 0.211. The first-order valence-corrected chi connectivity index (χ1v) is 18.5. The average molecular weight is 987 g/mol. The third kappa shape index (κ3) is 12.1. The lowest BCUT2D eigenvalue weighted by atomic mass is 9.12. The minimum atomic E-state index is -6.13. The van der Waals surface area contributed by atoms with Gasteiger partial charge in [-0.3, -0.25) is 0 Å². The fourth-order valence-electron chi connectivity index (χ4n) is 6.72. The molecule has 27 heteroatoms. The Morgan fingerprint density at radius 3 is 0.569 bits per heavy atom. The summed E-state index contributed by atoms with van der Waals surface area (Å²) in [5.74, 6) is 0. The smallest absolute Gasteiger partial charge is 0.380 e. The molecule has 0 unspecified atom stereocenters. The van der Waals surface area contributed by atoms with Crippen molar-refractivity contribution in [3.05, 3.63) is 148 Å². The molecule has 2 N–H and O–H groups in total. The summed E-state index contributed by atoms with van der Waals surface area (Å²) >= 11 is 0. The van der Waals surface area contributed by atoms with Gasteiger partial charge in [-0.1, -0.05) is 66.7 Å². The highest BCUT2D eigenvalue weighted by molar-refractivity contribution is 7.20. The van der Waals surface area contributed by atoms with Crippen molar-refractivity contribution in [2.24, 2.45) is 0 Å². The van der Waals surface area contributed by atoms with Crippen LogP contribution in [0.15, 0.2) is 103 Å². The normalized spacial score (nSPS) is 13.7. The van der Waals surface area contributed by atoms with Crippen LogP contribution in [-0.2, 0) is 49.4 Å². The predicted octanol–water partition coefficient (Wildman–Crippen LogP) is 10.4. The zero-order valence-electron chi connectivity index (χ0n) is 31.5. The Labute approximate surface area is 351 Å². The number of hydrogen-bond donors (Lipinski definition) is 1. The van der Waals surface area contributed by atoms with Gasteiger partial charge in [0.05, 0.1) is 44.5 Å². The minimum absolute atomic E-state index is 0.691. The number of nitrogens with two attached hydrogens (primary N) is 1. The topological polar surface area (TPSA) is 16.6 Å². The van der Waals surface area contributed by atoms with Gasteiger partial charge in [0.15, 0.2) is 0 Å². The van der Waals surface area contributed by atoms with E-state index in [1.807, 2.05) is 6.07 Å². The van der Waals surface area contributed by atoms with Crippen LogP contribution in [0.4, 0.5) is 111 Å². The van der Waals surface area contributed by atoms with E-state index in [-0.39, 0.29) is 0 Å². The van der Waals surface area contributed by atoms with Crippen molar-refractivity contribution in [3.8, 4) is 0 Å². The van der Waals surface area contributed by atoms with E-state index in [9.17, 15) is 105 Å². The van der Waals surface area contributed by atoms with Crippen LogP contribution >= 0.6 is 0 Å². The first kappa shape index (κ1) is 52.3. The van der Waals surface area contributed by atoms with Gasteiger partial charge in [0.1, 0.15) is 11.8 Å². The largest absolute Gasteiger partial charge is 0.416 e. The molecule has 5 aromatic rings. The SMILES string of the molecule is FC(F)(F)c1cc([B-](c2cc(C(F)(F)F)cc(C(F)(F)F)c2)(c2cc(C(F)(F)F)cc(C(F)(F)F)c2)c2cc(C(F)(F)F)cc(C(F)(F)F)c2)cc(C(F)(F)F)c1.[SiH3][NH2+]c1ccccc1. The van der Waals surface area contributed by atoms with Gasteiger partial charge in [-0.25, -0.2) is 0 Å². The molecular weight excluding hydrogens is 965 g/mol. The number of hydrogen-bond acceptors (Lipinski definition) is 0. The van der Waals surface area contributed by atoms with Crippen molar-refractivity contribution in [1.82, 2.24) is 0 Å². The first-order valence-electron chi connectivity index (χ1n) is 17.4. The van der Waals surface area contributed by atoms with E-state index in [1.54, 1.807) is 0 Å². The second-order valence-corrected chi connectivity index (χ2v) is 14.5. The van der Waals surface area contributed by atoms with Crippen LogP contribution in [-0.4, -0.2) is 16.6 Å². The molecule has 5 aromatic carbocycles. The van der Waals surface area contributed by atoms with Gasteiger partial charge in [0.2, 0.25) is 10.4 Å². The molecule has 0 spiro atoms. The molecule has 0 bridgehead atoms. The van der Waals surface area contributed by atoms with Crippen molar-refractivity contribution in [2.75, 3.05) is 0 Å². The average Bonchev–Trinajstić information content (AvgIpc) is 3.15. The van der Waals surface area contributed by atoms with Crippen LogP contribution in [0.3, 0.4) is 0 Å². The Bertz CT molecular complexity index is 2040. The molecule has 0 saturated carbocycles. The molecule has 0 saturated heterocycles. The van der Waals surface area contributed by atoms with Gasteiger partial charge in [-0.15, -0.1) is 0 Å². The highest BCUT2D eigenvalue weighted by Gasteiger charge is 2.47. The summed E-state index contributed by atoms with van der Waals surface area (Å²) < 4.78 is 341. The van der Waals surface area contributed by atoms with E-state index in [0.717, 1.165) is 10.4 Å². The van der Waals surface area contributed by atoms with Gasteiger partial charge in [0.25, 0.3) is 0 Å². The summed E-state index contributed by atoms with van der Waals surface area (Å²) in [6.45, 7) is 0. The van der Waals surface area contributed by atoms with Crippen molar-refractivity contribution < 1.29 is 110 Å². The third-order valence-electron chi connectivity index (χ3n) is 9.57. The molecule has 0 aliphatic heterocycles. The summed E-state index contributed by atoms with van der Waals surface area (Å²) in [6.07, 6.45) is -54.8. The molecule has 0 atom stereocenters. The van der Waals surface area contributed by atoms with Crippen molar-refractivity contribution in [3.63, 3.8) is 0 Å². The first-order chi connectivity index (χ1) is 29.2. The number of halogens is 24. The molecule has 0 radical (unpaired) electrons. The number of rotatable bonds is 5. The fourth-order valence-corrected chi connectivity index (χ4v) is 7.10. The van der Waals surface area contributed by atoms with Crippen LogP contribution in [0.2, 0.25) is 0 Å². The molecule has 0 heterocycles. The second-order valence-electron chi connectivity index (χ2n) is 13.9. The summed E-state index contributed by atoms with van der Waals surface area (Å²) in [5.41, 5.74) is -28.9. The van der Waals surface area contributed by atoms with Crippen molar-refractivity contribution >= 4 is 44.1 Å². The van der Waals surface area contributed by atoms with Gasteiger partial charge >= 0.3 is 49.4 Å². The number of alkyl halides is 24. The lowest BCUT2D eigenvalue weighted by molar-refractivity contribution is -0.406. The molecule has 0 aliphatic rings. The highest BCUT2D eigenvalue weighted by atomic mass is 28.2. The Balaban J connectivity index is 0.00000104. The standard InChI is InChI=1S/C32H12BF24.C6H9NSi/c34-25(35,36)13-1-14(26(37,38)39)6-21(5-13)33(22-7-15(27(40,41)42)2-16(8-22)28(43,44)45,23-9-17(29(46,47)48)3-18(10-23)30(49,50)51)24-11-19(31(52,53)54)4-20(12-24)32(55,56)57;8-7-6-4-2-1-3-5-6/h1-12H;1-5,7H,8H3/q-1;/p+1. The van der Waals surface area contributed by atoms with Crippen molar-refractivity contribution in [2.45, 2.75) is 49.4 Å². The third-order valence-corrected chi connectivity index (χ3v) is 10.2. The van der Waals surface area contributed by atoms with Gasteiger partial charge < -0.3 is 4.98 Å². The van der Waals surface area contributed by atoms with Crippen LogP contribution in [0.5, 0.6) is 0 Å². The zero-order chi connectivity index (χ0) is 49.7. The maximum absolute atomic E-state index is 14.2. The maximum atomic E-state index is 14.2. The molecule has 5 rings (SSSR count). The van der Waals surface area contributed by atoms with Crippen molar-refractivity contribution in [1.29, 1.82) is 0 Å². The van der Waals surface area contributed by atoms with Crippen LogP contribution in [0.1, 0.15) is 44.5 Å². The van der Waals surface area contributed by atoms with Gasteiger partial charge in [-0.05, 0) is 36.4 Å². The van der Waals surface area contributed by atoms with E-state index in [4.69, 9.17) is 0 Å². The Morgan fingerprint density at radius 2 is 0.446 bits per heavy atom. The monoisotopic (exact) mass is 987 g/mol. The van der Waals surface area contributed by atoms with E-state index in [1.165, 1.54) is 5.69 Å². The van der Waals surface area contributed by atoms with Crippen LogP contribution < -0.4 is 26.8 Å². The van der Waals surface area contributed by atoms with E-state index in [2.05, 4.69) is 29.2 Å². The number of quaternary nitrogens is 1. The van der Waals surface area contributed by atoms with Crippen LogP contribution in [0.25, 0.3) is 0 Å². The molecule has 1 nitrogen and oxygen atoms in total. The molecule has 0 aromatic heterocycles. The zero-order valence-corrected chi connectivity index (χ0v) is 33.5. The molecule has 354 valence electrons. The molecule has 0 fully saturated rings. The van der Waals surface area contributed by atoms with E-state index >= 15 is 0 Å². The maximum Gasteiger partial charge on any atom is 0.416 e. The number of benzene rings is 5. The van der Waals surface area contributed by atoms with E-state index in [0.29, 0.717) is 0 Å². The van der Waals surface area contributed by atoms with Gasteiger partial charge in [0, 0.05) is 0 Å². The quantitative estimate of drug-likeness (QED) is 0.103. The highest BCUT2D eigenvalue weighted by Crippen LogP contribution is 2.41. The molecule has 0 aliphatic carbocycles. The second kappa shape index (κ2) is 17.5. The predicted molar refractivity (Wildman–Crippen MR) is 188 cm³/mol. The lowest BCUT2D eigenvalue weighted by Gasteiger charge is -2.46. The summed E-state index contributed by atoms with van der Waals surface area (Å²) in [5, 5.41) is 0. The minimum Gasteiger partial charge on any atom is -0.380 e. The molecule has 65 heavy (non-hydrogen) atoms. The molecule has 0 amide bonds. The Morgan fingerprint density at radius 1 is 0.277 bits per heavy atom. The summed E-state index contributed by atoms with van der Waals surface area (Å²) in [6, 6.07) is 1.58. The van der Waals surface area contributed by atoms with Gasteiger partial charge in [-0.2, -0.15) is 127 Å². The Hall–Kier alpha value is -5.34. The lowest BCUT2D eigenvalue weighted by Crippen LogP contribution is -2.75. The van der Waals surface area contributed by atoms with Crippen LogP contribution in [0, 0.1) is 0 Å². The Kier molecular flexibility index (Phi) is 14.1. The summed E-state index contributed by atoms with van der Waals surface area (Å²) in [4.78, 5) is 2.22. The van der Waals surface area contributed by atoms with E-state index < -0.39 is 195 Å².